The van der Waals surface area contributed by atoms with Crippen molar-refractivity contribution < 1.29 is 44.0 Å². The van der Waals surface area contributed by atoms with Gasteiger partial charge in [-0.05, 0) is 36.5 Å². The van der Waals surface area contributed by atoms with Crippen molar-refractivity contribution in [2.75, 3.05) is 0 Å². The van der Waals surface area contributed by atoms with E-state index >= 15 is 0 Å². The van der Waals surface area contributed by atoms with Crippen LogP contribution in [0.25, 0.3) is 0 Å². The van der Waals surface area contributed by atoms with Gasteiger partial charge in [0, 0.05) is 0 Å². The van der Waals surface area contributed by atoms with Gasteiger partial charge in [-0.1, -0.05) is 70.9 Å². The zero-order chi connectivity index (χ0) is 16.4. The number of hydrogen-bond donors (Lipinski definition) is 1. The van der Waals surface area contributed by atoms with Crippen LogP contribution in [0, 0.1) is 0 Å². The zero-order valence-corrected chi connectivity index (χ0v) is 17.7. The molecule has 5 heteroatoms. The Labute approximate surface area is 165 Å². The Morgan fingerprint density at radius 1 is 0.957 bits per heavy atom. The van der Waals surface area contributed by atoms with E-state index in [9.17, 15) is 8.42 Å². The van der Waals surface area contributed by atoms with Gasteiger partial charge in [0.05, 0.1) is 4.90 Å². The average Bonchev–Trinajstić information content (AvgIpc) is 2.49. The summed E-state index contributed by atoms with van der Waals surface area (Å²) >= 11 is 0. The molecule has 0 fully saturated rings. The van der Waals surface area contributed by atoms with Crippen LogP contribution < -0.4 is 29.6 Å². The van der Waals surface area contributed by atoms with E-state index in [1.807, 2.05) is 12.1 Å². The third-order valence-corrected chi connectivity index (χ3v) is 5.17. The quantitative estimate of drug-likeness (QED) is 0.379. The third kappa shape index (κ3) is 9.25. The topological polar surface area (TPSA) is 54.4 Å². The second-order valence-electron chi connectivity index (χ2n) is 6.06. The van der Waals surface area contributed by atoms with Crippen molar-refractivity contribution in [1.29, 1.82) is 0 Å². The van der Waals surface area contributed by atoms with Gasteiger partial charge in [0.2, 0.25) is 0 Å². The molecule has 1 aromatic carbocycles. The van der Waals surface area contributed by atoms with E-state index in [2.05, 4.69) is 13.8 Å². The van der Waals surface area contributed by atoms with Crippen molar-refractivity contribution in [1.82, 2.24) is 0 Å². The molecule has 1 N–H and O–H groups in total. The van der Waals surface area contributed by atoms with Crippen molar-refractivity contribution in [3.05, 3.63) is 29.8 Å². The van der Waals surface area contributed by atoms with E-state index in [4.69, 9.17) is 4.55 Å². The molecule has 23 heavy (non-hydrogen) atoms. The molecule has 3 nitrogen and oxygen atoms in total. The maximum atomic E-state index is 11.1. The molecule has 1 unspecified atom stereocenters. The summed E-state index contributed by atoms with van der Waals surface area (Å²) in [6.45, 7) is 4.40. The second kappa shape index (κ2) is 12.5. The molecule has 0 radical (unpaired) electrons. The van der Waals surface area contributed by atoms with Crippen molar-refractivity contribution in [3.8, 4) is 0 Å². The van der Waals surface area contributed by atoms with Crippen molar-refractivity contribution in [2.45, 2.75) is 82.4 Å². The number of hydrogen-bond acceptors (Lipinski definition) is 2. The molecular weight excluding hydrogens is 319 g/mol. The summed E-state index contributed by atoms with van der Waals surface area (Å²) in [5.41, 5.74) is 1.17. The van der Waals surface area contributed by atoms with Gasteiger partial charge in [-0.2, -0.15) is 8.42 Å². The third-order valence-electron chi connectivity index (χ3n) is 4.30. The van der Waals surface area contributed by atoms with Crippen LogP contribution >= 0.6 is 0 Å². The summed E-state index contributed by atoms with van der Waals surface area (Å²) in [7, 11) is -4.08. The van der Waals surface area contributed by atoms with Crippen LogP contribution in [0.4, 0.5) is 0 Å². The molecule has 0 heterocycles. The number of rotatable bonds is 11. The predicted octanol–water partition coefficient (Wildman–Crippen LogP) is 2.68. The summed E-state index contributed by atoms with van der Waals surface area (Å²) < 4.78 is 31.1. The molecule has 0 saturated heterocycles. The van der Waals surface area contributed by atoms with Crippen molar-refractivity contribution in [3.63, 3.8) is 0 Å². The molecule has 128 valence electrons. The zero-order valence-electron chi connectivity index (χ0n) is 15.9. The normalized spacial score (nSPS) is 12.7. The van der Waals surface area contributed by atoms with Gasteiger partial charge >= 0.3 is 29.6 Å². The van der Waals surface area contributed by atoms with Crippen LogP contribution in [0.3, 0.4) is 0 Å². The minimum absolute atomic E-state index is 0. The first-order chi connectivity index (χ1) is 10.5. The largest absolute Gasteiger partial charge is 1.00 e. The number of benzene rings is 1. The molecule has 0 aromatic heterocycles. The Bertz CT molecular complexity index is 518. The van der Waals surface area contributed by atoms with E-state index in [0.29, 0.717) is 5.92 Å². The van der Waals surface area contributed by atoms with Gasteiger partial charge in [-0.3, -0.25) is 4.55 Å². The smallest absolute Gasteiger partial charge is 1.00 e. The van der Waals surface area contributed by atoms with Crippen LogP contribution in [-0.2, 0) is 10.1 Å². The minimum Gasteiger partial charge on any atom is -1.00 e. The Morgan fingerprint density at radius 3 is 1.96 bits per heavy atom. The predicted molar refractivity (Wildman–Crippen MR) is 93.0 cm³/mol. The summed E-state index contributed by atoms with van der Waals surface area (Å²) in [6, 6.07) is 6.66. The van der Waals surface area contributed by atoms with Gasteiger partial charge in [0.1, 0.15) is 0 Å². The Hall–Kier alpha value is 0.130. The van der Waals surface area contributed by atoms with Crippen molar-refractivity contribution >= 4 is 10.1 Å². The number of unbranched alkanes of at least 4 members (excludes halogenated alkanes) is 6. The fraction of sp³-hybridized carbons (Fsp3) is 0.667. The van der Waals surface area contributed by atoms with Crippen LogP contribution in [0.1, 0.15) is 84.5 Å². The van der Waals surface area contributed by atoms with Crippen LogP contribution in [0.15, 0.2) is 29.2 Å². The fourth-order valence-electron chi connectivity index (χ4n) is 2.87. The summed E-state index contributed by atoms with van der Waals surface area (Å²) in [4.78, 5) is -0.0259. The van der Waals surface area contributed by atoms with E-state index in [-0.39, 0.29) is 35.9 Å². The molecule has 1 aromatic rings. The molecule has 0 saturated carbocycles. The first-order valence-electron chi connectivity index (χ1n) is 8.56. The van der Waals surface area contributed by atoms with Gasteiger partial charge in [0.25, 0.3) is 10.1 Å². The molecule has 0 aliphatic rings. The Kier molecular flexibility index (Phi) is 12.6. The van der Waals surface area contributed by atoms with E-state index in [0.717, 1.165) is 12.8 Å². The second-order valence-corrected chi connectivity index (χ2v) is 7.48. The molecule has 1 atom stereocenters. The minimum atomic E-state index is -4.08. The average molecular weight is 351 g/mol. The molecule has 0 bridgehead atoms. The fourth-order valence-corrected chi connectivity index (χ4v) is 3.35. The maximum absolute atomic E-state index is 11.1. The summed E-state index contributed by atoms with van der Waals surface area (Å²) in [5.74, 6) is 0.478. The maximum Gasteiger partial charge on any atom is 1.00 e. The van der Waals surface area contributed by atoms with E-state index in [1.54, 1.807) is 0 Å². The van der Waals surface area contributed by atoms with Gasteiger partial charge in [0.15, 0.2) is 0 Å². The van der Waals surface area contributed by atoms with Gasteiger partial charge in [-0.25, -0.2) is 0 Å². The van der Waals surface area contributed by atoms with Gasteiger partial charge in [-0.15, -0.1) is 0 Å². The Morgan fingerprint density at radius 2 is 1.48 bits per heavy atom. The van der Waals surface area contributed by atoms with Gasteiger partial charge < -0.3 is 1.43 Å². The van der Waals surface area contributed by atoms with Crippen LogP contribution in [0.2, 0.25) is 0 Å². The summed E-state index contributed by atoms with van der Waals surface area (Å²) in [5, 5.41) is 0. The molecule has 1 rings (SSSR count). The van der Waals surface area contributed by atoms with Crippen LogP contribution in [-0.4, -0.2) is 13.0 Å². The molecular formula is C18H31NaO3S. The standard InChI is InChI=1S/C18H30O3S.Na.H/c1-3-5-6-7-8-9-10-11-16(4-2)17-12-14-18(15-13-17)22(19,20)21;;/h12-16H,3-11H2,1-2H3,(H,19,20,21);;/q;+1;-1. The van der Waals surface area contributed by atoms with E-state index in [1.165, 1.54) is 62.6 Å². The first kappa shape index (κ1) is 23.1. The SMILES string of the molecule is CCCCCCCCCC(CC)c1ccc(S(=O)(=O)O)cc1.[H-].[Na+]. The monoisotopic (exact) mass is 350 g/mol. The molecule has 0 aliphatic carbocycles. The molecule has 0 amide bonds. The molecule has 0 aliphatic heterocycles. The van der Waals surface area contributed by atoms with Crippen molar-refractivity contribution in [2.24, 2.45) is 0 Å². The van der Waals surface area contributed by atoms with E-state index < -0.39 is 10.1 Å². The first-order valence-corrected chi connectivity index (χ1v) is 10.0. The van der Waals surface area contributed by atoms with Crippen LogP contribution in [0.5, 0.6) is 0 Å². The Balaban J connectivity index is 0. The summed E-state index contributed by atoms with van der Waals surface area (Å²) in [6.07, 6.45) is 11.4. The molecule has 0 spiro atoms.